The summed E-state index contributed by atoms with van der Waals surface area (Å²) in [6.07, 6.45) is 5.38. The minimum Gasteiger partial charge on any atom is -0.256 e. The van der Waals surface area contributed by atoms with Gasteiger partial charge in [-0.15, -0.1) is 0 Å². The van der Waals surface area contributed by atoms with Crippen LogP contribution in [0.5, 0.6) is 0 Å². The predicted molar refractivity (Wildman–Crippen MR) is 78.5 cm³/mol. The van der Waals surface area contributed by atoms with Crippen LogP contribution < -0.4 is 0 Å². The van der Waals surface area contributed by atoms with Gasteiger partial charge in [0.05, 0.1) is 5.52 Å². The van der Waals surface area contributed by atoms with Crippen LogP contribution in [0.15, 0.2) is 55.1 Å². The number of fused-ring (bicyclic) bond motifs is 2. The molecular weight excluding hydrogens is 248 g/mol. The predicted octanol–water partition coefficient (Wildman–Crippen LogP) is 3.25. The van der Waals surface area contributed by atoms with Crippen LogP contribution in [-0.2, 0) is 0 Å². The van der Waals surface area contributed by atoms with Gasteiger partial charge in [0, 0.05) is 28.9 Å². The van der Waals surface area contributed by atoms with Crippen LogP contribution in [0.25, 0.3) is 27.7 Å². The molecule has 4 rings (SSSR count). The molecule has 3 aromatic heterocycles. The van der Waals surface area contributed by atoms with Gasteiger partial charge in [0.2, 0.25) is 0 Å². The number of pyridine rings is 2. The molecule has 0 aliphatic heterocycles. The maximum absolute atomic E-state index is 4.52. The number of aromatic nitrogens is 4. The highest BCUT2D eigenvalue weighted by molar-refractivity contribution is 5.96. The first kappa shape index (κ1) is 11.1. The second kappa shape index (κ2) is 4.13. The van der Waals surface area contributed by atoms with Gasteiger partial charge in [0.25, 0.3) is 0 Å². The molecule has 20 heavy (non-hydrogen) atoms. The SMILES string of the molecule is Cc1cc(-c2cccc3cccnc23)c2ncnn2c1. The molecule has 0 bridgehead atoms. The number of nitrogens with zero attached hydrogens (tertiary/aromatic N) is 4. The van der Waals surface area contributed by atoms with Crippen molar-refractivity contribution in [1.29, 1.82) is 0 Å². The Morgan fingerprint density at radius 2 is 1.90 bits per heavy atom. The molecule has 3 heterocycles. The van der Waals surface area contributed by atoms with Crippen molar-refractivity contribution >= 4 is 16.6 Å². The van der Waals surface area contributed by atoms with Gasteiger partial charge in [-0.3, -0.25) is 4.98 Å². The first-order valence-electron chi connectivity index (χ1n) is 6.47. The van der Waals surface area contributed by atoms with Crippen LogP contribution in [0.1, 0.15) is 5.56 Å². The molecule has 1 aromatic carbocycles. The molecule has 0 atom stereocenters. The average molecular weight is 260 g/mol. The lowest BCUT2D eigenvalue weighted by Crippen LogP contribution is -1.93. The molecule has 4 heteroatoms. The maximum atomic E-state index is 4.52. The zero-order chi connectivity index (χ0) is 13.5. The summed E-state index contributed by atoms with van der Waals surface area (Å²) < 4.78 is 1.81. The first-order chi connectivity index (χ1) is 9.83. The molecule has 0 fully saturated rings. The van der Waals surface area contributed by atoms with Gasteiger partial charge in [-0.1, -0.05) is 24.3 Å². The van der Waals surface area contributed by atoms with Crippen molar-refractivity contribution in [3.8, 4) is 11.1 Å². The molecule has 0 aliphatic carbocycles. The second-order valence-corrected chi connectivity index (χ2v) is 4.84. The molecule has 96 valence electrons. The van der Waals surface area contributed by atoms with Crippen molar-refractivity contribution in [3.63, 3.8) is 0 Å². The Balaban J connectivity index is 2.14. The summed E-state index contributed by atoms with van der Waals surface area (Å²) in [5.74, 6) is 0. The van der Waals surface area contributed by atoms with E-state index in [4.69, 9.17) is 0 Å². The zero-order valence-corrected chi connectivity index (χ0v) is 11.0. The van der Waals surface area contributed by atoms with Crippen LogP contribution >= 0.6 is 0 Å². The molecule has 0 N–H and O–H groups in total. The Kier molecular flexibility index (Phi) is 2.29. The van der Waals surface area contributed by atoms with Gasteiger partial charge in [-0.2, -0.15) is 5.10 Å². The number of hydrogen-bond acceptors (Lipinski definition) is 3. The molecular formula is C16H12N4. The third-order valence-electron chi connectivity index (χ3n) is 3.43. The molecule has 0 saturated carbocycles. The van der Waals surface area contributed by atoms with Crippen LogP contribution in [-0.4, -0.2) is 19.6 Å². The van der Waals surface area contributed by atoms with E-state index < -0.39 is 0 Å². The van der Waals surface area contributed by atoms with E-state index in [0.717, 1.165) is 33.2 Å². The van der Waals surface area contributed by atoms with E-state index in [2.05, 4.69) is 52.3 Å². The van der Waals surface area contributed by atoms with Gasteiger partial charge in [-0.05, 0) is 24.6 Å². The van der Waals surface area contributed by atoms with E-state index in [0.29, 0.717) is 0 Å². The topological polar surface area (TPSA) is 43.1 Å². The molecule has 0 radical (unpaired) electrons. The summed E-state index contributed by atoms with van der Waals surface area (Å²) >= 11 is 0. The highest BCUT2D eigenvalue weighted by Gasteiger charge is 2.11. The number of rotatable bonds is 1. The Morgan fingerprint density at radius 3 is 2.85 bits per heavy atom. The molecule has 0 aliphatic rings. The molecule has 0 saturated heterocycles. The van der Waals surface area contributed by atoms with Crippen molar-refractivity contribution in [2.75, 3.05) is 0 Å². The van der Waals surface area contributed by atoms with Gasteiger partial charge < -0.3 is 0 Å². The third-order valence-corrected chi connectivity index (χ3v) is 3.43. The summed E-state index contributed by atoms with van der Waals surface area (Å²) in [6, 6.07) is 12.4. The highest BCUT2D eigenvalue weighted by atomic mass is 15.3. The molecule has 0 unspecified atom stereocenters. The lowest BCUT2D eigenvalue weighted by atomic mass is 10.0. The monoisotopic (exact) mass is 260 g/mol. The maximum Gasteiger partial charge on any atom is 0.163 e. The van der Waals surface area contributed by atoms with Gasteiger partial charge in [-0.25, -0.2) is 9.50 Å². The minimum atomic E-state index is 0.855. The summed E-state index contributed by atoms with van der Waals surface area (Å²) in [4.78, 5) is 8.89. The fourth-order valence-corrected chi connectivity index (χ4v) is 2.58. The van der Waals surface area contributed by atoms with E-state index in [1.807, 2.05) is 23.0 Å². The van der Waals surface area contributed by atoms with E-state index in [1.54, 1.807) is 6.33 Å². The van der Waals surface area contributed by atoms with Gasteiger partial charge >= 0.3 is 0 Å². The largest absolute Gasteiger partial charge is 0.256 e. The lowest BCUT2D eigenvalue weighted by molar-refractivity contribution is 0.953. The van der Waals surface area contributed by atoms with Crippen LogP contribution in [0.3, 0.4) is 0 Å². The normalized spacial score (nSPS) is 11.2. The number of para-hydroxylation sites is 1. The van der Waals surface area contributed by atoms with E-state index in [1.165, 1.54) is 0 Å². The van der Waals surface area contributed by atoms with Crippen LogP contribution in [0.4, 0.5) is 0 Å². The summed E-state index contributed by atoms with van der Waals surface area (Å²) in [5.41, 5.74) is 5.14. The standard InChI is InChI=1S/C16H12N4/c1-11-8-14(16-18-10-19-20(16)9-11)13-6-2-4-12-5-3-7-17-15(12)13/h2-10H,1H3. The smallest absolute Gasteiger partial charge is 0.163 e. The van der Waals surface area contributed by atoms with Gasteiger partial charge in [0.15, 0.2) is 5.65 Å². The Morgan fingerprint density at radius 1 is 1.00 bits per heavy atom. The first-order valence-corrected chi connectivity index (χ1v) is 6.47. The molecule has 0 spiro atoms. The Bertz CT molecular complexity index is 919. The number of hydrogen-bond donors (Lipinski definition) is 0. The lowest BCUT2D eigenvalue weighted by Gasteiger charge is -2.08. The molecule has 4 aromatic rings. The van der Waals surface area contributed by atoms with Gasteiger partial charge in [0.1, 0.15) is 6.33 Å². The summed E-state index contributed by atoms with van der Waals surface area (Å²) in [7, 11) is 0. The third kappa shape index (κ3) is 1.58. The van der Waals surface area contributed by atoms with Crippen molar-refractivity contribution in [1.82, 2.24) is 19.6 Å². The molecule has 0 amide bonds. The Labute approximate surface area is 115 Å². The molecule has 4 nitrogen and oxygen atoms in total. The van der Waals surface area contributed by atoms with E-state index >= 15 is 0 Å². The summed E-state index contributed by atoms with van der Waals surface area (Å²) in [5, 5.41) is 5.36. The Hall–Kier alpha value is -2.75. The zero-order valence-electron chi connectivity index (χ0n) is 11.0. The van der Waals surface area contributed by atoms with Crippen molar-refractivity contribution in [3.05, 3.63) is 60.7 Å². The fourth-order valence-electron chi connectivity index (χ4n) is 2.58. The number of aryl methyl sites for hydroxylation is 1. The van der Waals surface area contributed by atoms with E-state index in [-0.39, 0.29) is 0 Å². The van der Waals surface area contributed by atoms with Crippen molar-refractivity contribution in [2.24, 2.45) is 0 Å². The highest BCUT2D eigenvalue weighted by Crippen LogP contribution is 2.29. The minimum absolute atomic E-state index is 0.855. The van der Waals surface area contributed by atoms with Crippen molar-refractivity contribution < 1.29 is 0 Å². The average Bonchev–Trinajstić information content (AvgIpc) is 2.94. The second-order valence-electron chi connectivity index (χ2n) is 4.84. The summed E-state index contributed by atoms with van der Waals surface area (Å²) in [6.45, 7) is 2.06. The van der Waals surface area contributed by atoms with Crippen LogP contribution in [0.2, 0.25) is 0 Å². The van der Waals surface area contributed by atoms with Crippen molar-refractivity contribution in [2.45, 2.75) is 6.92 Å². The van der Waals surface area contributed by atoms with E-state index in [9.17, 15) is 0 Å². The number of benzene rings is 1. The van der Waals surface area contributed by atoms with Crippen LogP contribution in [0, 0.1) is 6.92 Å². The fraction of sp³-hybridized carbons (Fsp3) is 0.0625. The quantitative estimate of drug-likeness (QED) is 0.527.